The average Bonchev–Trinajstić information content (AvgIpc) is 2.39. The standard InChI is InChI=1S/C15H21NO4S/c1-10-6-11(2)8-12(7-10)20-9-14(17)16-13(15(18)19)4-5-21-3/h6-8,13H,4-5,9H2,1-3H3,(H,16,17)(H,18,19). The van der Waals surface area contributed by atoms with Gasteiger partial charge in [0.2, 0.25) is 0 Å². The number of nitrogens with one attached hydrogen (secondary N) is 1. The molecule has 1 aromatic rings. The number of hydrogen-bond donors (Lipinski definition) is 2. The number of hydrogen-bond acceptors (Lipinski definition) is 4. The third-order valence-corrected chi connectivity index (χ3v) is 3.45. The Bertz CT molecular complexity index is 484. The smallest absolute Gasteiger partial charge is 0.326 e. The van der Waals surface area contributed by atoms with Crippen LogP contribution in [0.5, 0.6) is 5.75 Å². The molecule has 116 valence electrons. The second-order valence-electron chi connectivity index (χ2n) is 4.85. The number of benzene rings is 1. The number of aryl methyl sites for hydroxylation is 2. The van der Waals surface area contributed by atoms with E-state index in [2.05, 4.69) is 5.32 Å². The molecule has 0 aliphatic rings. The molecule has 1 unspecified atom stereocenters. The molecule has 1 aromatic carbocycles. The Morgan fingerprint density at radius 3 is 2.43 bits per heavy atom. The summed E-state index contributed by atoms with van der Waals surface area (Å²) < 4.78 is 5.40. The van der Waals surface area contributed by atoms with Crippen molar-refractivity contribution in [3.05, 3.63) is 29.3 Å². The molecule has 0 saturated carbocycles. The van der Waals surface area contributed by atoms with Crippen LogP contribution in [0.25, 0.3) is 0 Å². The van der Waals surface area contributed by atoms with E-state index in [1.807, 2.05) is 38.3 Å². The fourth-order valence-corrected chi connectivity index (χ4v) is 2.37. The maximum absolute atomic E-state index is 11.8. The molecule has 0 spiro atoms. The first kappa shape index (κ1) is 17.4. The highest BCUT2D eigenvalue weighted by atomic mass is 32.2. The molecule has 0 radical (unpaired) electrons. The van der Waals surface area contributed by atoms with Crippen molar-refractivity contribution in [1.82, 2.24) is 5.32 Å². The Hall–Kier alpha value is -1.69. The lowest BCUT2D eigenvalue weighted by Crippen LogP contribution is -2.43. The van der Waals surface area contributed by atoms with Crippen molar-refractivity contribution in [1.29, 1.82) is 0 Å². The zero-order chi connectivity index (χ0) is 15.8. The van der Waals surface area contributed by atoms with E-state index in [4.69, 9.17) is 9.84 Å². The van der Waals surface area contributed by atoms with Crippen LogP contribution in [0.3, 0.4) is 0 Å². The van der Waals surface area contributed by atoms with Gasteiger partial charge in [-0.15, -0.1) is 0 Å². The Kier molecular flexibility index (Phi) is 7.08. The summed E-state index contributed by atoms with van der Waals surface area (Å²) in [5.41, 5.74) is 2.10. The highest BCUT2D eigenvalue weighted by molar-refractivity contribution is 7.98. The SMILES string of the molecule is CSCCC(NC(=O)COc1cc(C)cc(C)c1)C(=O)O. The predicted octanol–water partition coefficient (Wildman–Crippen LogP) is 2.00. The van der Waals surface area contributed by atoms with Crippen molar-refractivity contribution in [2.45, 2.75) is 26.3 Å². The van der Waals surface area contributed by atoms with Crippen LogP contribution in [0.1, 0.15) is 17.5 Å². The second-order valence-corrected chi connectivity index (χ2v) is 5.84. The van der Waals surface area contributed by atoms with E-state index < -0.39 is 17.9 Å². The van der Waals surface area contributed by atoms with Crippen molar-refractivity contribution in [2.75, 3.05) is 18.6 Å². The summed E-state index contributed by atoms with van der Waals surface area (Å²) in [6, 6.07) is 4.81. The van der Waals surface area contributed by atoms with Gasteiger partial charge in [-0.3, -0.25) is 4.79 Å². The summed E-state index contributed by atoms with van der Waals surface area (Å²) in [5, 5.41) is 11.5. The van der Waals surface area contributed by atoms with Gasteiger partial charge in [-0.2, -0.15) is 11.8 Å². The zero-order valence-corrected chi connectivity index (χ0v) is 13.3. The van der Waals surface area contributed by atoms with Crippen molar-refractivity contribution in [2.24, 2.45) is 0 Å². The Morgan fingerprint density at radius 2 is 1.90 bits per heavy atom. The van der Waals surface area contributed by atoms with E-state index in [0.717, 1.165) is 11.1 Å². The van der Waals surface area contributed by atoms with Gasteiger partial charge < -0.3 is 15.2 Å². The van der Waals surface area contributed by atoms with Crippen LogP contribution >= 0.6 is 11.8 Å². The van der Waals surface area contributed by atoms with Gasteiger partial charge >= 0.3 is 5.97 Å². The summed E-state index contributed by atoms with van der Waals surface area (Å²) in [5.74, 6) is -0.167. The molecule has 1 rings (SSSR count). The molecule has 21 heavy (non-hydrogen) atoms. The lowest BCUT2D eigenvalue weighted by Gasteiger charge is -2.14. The minimum absolute atomic E-state index is 0.189. The number of aliphatic carboxylic acids is 1. The van der Waals surface area contributed by atoms with Crippen LogP contribution in [0.4, 0.5) is 0 Å². The first-order chi connectivity index (χ1) is 9.92. The highest BCUT2D eigenvalue weighted by Crippen LogP contribution is 2.15. The van der Waals surface area contributed by atoms with E-state index in [9.17, 15) is 9.59 Å². The van der Waals surface area contributed by atoms with Gasteiger partial charge in [0.05, 0.1) is 0 Å². The third-order valence-electron chi connectivity index (χ3n) is 2.81. The molecule has 0 aliphatic heterocycles. The van der Waals surface area contributed by atoms with Crippen molar-refractivity contribution < 1.29 is 19.4 Å². The number of rotatable bonds is 8. The first-order valence-electron chi connectivity index (χ1n) is 6.64. The highest BCUT2D eigenvalue weighted by Gasteiger charge is 2.19. The van der Waals surface area contributed by atoms with Crippen LogP contribution in [-0.4, -0.2) is 41.6 Å². The number of carbonyl (C=O) groups excluding carboxylic acids is 1. The van der Waals surface area contributed by atoms with Crippen LogP contribution < -0.4 is 10.1 Å². The summed E-state index contributed by atoms with van der Waals surface area (Å²) in [7, 11) is 0. The van der Waals surface area contributed by atoms with E-state index in [-0.39, 0.29) is 6.61 Å². The molecular formula is C15H21NO4S. The maximum Gasteiger partial charge on any atom is 0.326 e. The van der Waals surface area contributed by atoms with Gasteiger partial charge in [0, 0.05) is 0 Å². The minimum atomic E-state index is -1.02. The quantitative estimate of drug-likeness (QED) is 0.768. The molecule has 6 heteroatoms. The molecule has 0 saturated heterocycles. The van der Waals surface area contributed by atoms with Gasteiger partial charge in [-0.05, 0) is 55.5 Å². The Morgan fingerprint density at radius 1 is 1.29 bits per heavy atom. The molecule has 0 bridgehead atoms. The normalized spacial score (nSPS) is 11.8. The van der Waals surface area contributed by atoms with E-state index >= 15 is 0 Å². The van der Waals surface area contributed by atoms with Crippen LogP contribution in [0.15, 0.2) is 18.2 Å². The number of carboxylic acids is 1. The molecule has 1 amide bonds. The number of carbonyl (C=O) groups is 2. The summed E-state index contributed by atoms with van der Waals surface area (Å²) in [4.78, 5) is 22.8. The third kappa shape index (κ3) is 6.53. The maximum atomic E-state index is 11.8. The van der Waals surface area contributed by atoms with E-state index in [0.29, 0.717) is 17.9 Å². The Labute approximate surface area is 129 Å². The molecule has 0 aromatic heterocycles. The second kappa shape index (κ2) is 8.56. The largest absolute Gasteiger partial charge is 0.484 e. The number of carboxylic acid groups (broad SMARTS) is 1. The Balaban J connectivity index is 2.50. The van der Waals surface area contributed by atoms with Crippen molar-refractivity contribution >= 4 is 23.6 Å². The molecule has 0 aliphatic carbocycles. The van der Waals surface area contributed by atoms with Crippen LogP contribution in [0.2, 0.25) is 0 Å². The van der Waals surface area contributed by atoms with Crippen molar-refractivity contribution in [3.8, 4) is 5.75 Å². The first-order valence-corrected chi connectivity index (χ1v) is 8.04. The fraction of sp³-hybridized carbons (Fsp3) is 0.467. The van der Waals surface area contributed by atoms with Gasteiger partial charge in [0.25, 0.3) is 5.91 Å². The van der Waals surface area contributed by atoms with Gasteiger partial charge in [-0.1, -0.05) is 6.07 Å². The van der Waals surface area contributed by atoms with E-state index in [1.54, 1.807) is 11.8 Å². The van der Waals surface area contributed by atoms with Crippen molar-refractivity contribution in [3.63, 3.8) is 0 Å². The molecule has 5 nitrogen and oxygen atoms in total. The molecule has 1 atom stereocenters. The topological polar surface area (TPSA) is 75.6 Å². The summed E-state index contributed by atoms with van der Waals surface area (Å²) in [6.07, 6.45) is 2.29. The van der Waals surface area contributed by atoms with Gasteiger partial charge in [0.15, 0.2) is 6.61 Å². The molecule has 2 N–H and O–H groups in total. The average molecular weight is 311 g/mol. The molecule has 0 heterocycles. The number of thioether (sulfide) groups is 1. The minimum Gasteiger partial charge on any atom is -0.484 e. The zero-order valence-electron chi connectivity index (χ0n) is 12.5. The van der Waals surface area contributed by atoms with Crippen LogP contribution in [-0.2, 0) is 9.59 Å². The predicted molar refractivity (Wildman–Crippen MR) is 84.0 cm³/mol. The monoisotopic (exact) mass is 311 g/mol. The van der Waals surface area contributed by atoms with Crippen LogP contribution in [0, 0.1) is 13.8 Å². The molecular weight excluding hydrogens is 290 g/mol. The number of amides is 1. The fourth-order valence-electron chi connectivity index (χ4n) is 1.89. The van der Waals surface area contributed by atoms with Gasteiger partial charge in [0.1, 0.15) is 11.8 Å². The van der Waals surface area contributed by atoms with Gasteiger partial charge in [-0.25, -0.2) is 4.79 Å². The summed E-state index contributed by atoms with van der Waals surface area (Å²) in [6.45, 7) is 3.71. The molecule has 0 fully saturated rings. The summed E-state index contributed by atoms with van der Waals surface area (Å²) >= 11 is 1.54. The number of ether oxygens (including phenoxy) is 1. The lowest BCUT2D eigenvalue weighted by atomic mass is 10.1. The van der Waals surface area contributed by atoms with E-state index in [1.165, 1.54) is 0 Å². The lowest BCUT2D eigenvalue weighted by molar-refractivity contribution is -0.142.